The molecule has 0 aliphatic carbocycles. The third kappa shape index (κ3) is 2.57. The lowest BCUT2D eigenvalue weighted by atomic mass is 9.89. The van der Waals surface area contributed by atoms with E-state index in [0.29, 0.717) is 5.92 Å². The monoisotopic (exact) mass is 324 g/mol. The molecule has 1 saturated heterocycles. The second-order valence-corrected chi connectivity index (χ2v) is 7.20. The molecule has 0 radical (unpaired) electrons. The highest BCUT2D eigenvalue weighted by Gasteiger charge is 2.27. The number of thiophene rings is 1. The molecule has 2 aromatic heterocycles. The van der Waals surface area contributed by atoms with E-state index in [-0.39, 0.29) is 5.91 Å². The van der Waals surface area contributed by atoms with Crippen LogP contribution in [0.25, 0.3) is 10.9 Å². The number of rotatable bonds is 2. The number of carbonyl (C=O) groups is 1. The maximum atomic E-state index is 12.6. The molecular formula is C19H20N2OS. The molecule has 0 saturated carbocycles. The number of para-hydroxylation sites is 1. The fourth-order valence-electron chi connectivity index (χ4n) is 3.56. The molecular weight excluding hydrogens is 304 g/mol. The quantitative estimate of drug-likeness (QED) is 0.737. The van der Waals surface area contributed by atoms with Crippen LogP contribution in [0.1, 0.15) is 39.6 Å². The average Bonchev–Trinajstić information content (AvgIpc) is 3.20. The van der Waals surface area contributed by atoms with E-state index in [4.69, 9.17) is 0 Å². The minimum atomic E-state index is 0.204. The topological polar surface area (TPSA) is 36.1 Å². The fraction of sp³-hybridized carbons (Fsp3) is 0.316. The SMILES string of the molecule is Cc1ccsc1C(=O)N1CCC(c2c[nH]c3ccccc23)CC1. The Morgan fingerprint density at radius 2 is 2.00 bits per heavy atom. The summed E-state index contributed by atoms with van der Waals surface area (Å²) in [5.41, 5.74) is 3.70. The molecule has 1 fully saturated rings. The Bertz CT molecular complexity index is 840. The summed E-state index contributed by atoms with van der Waals surface area (Å²) in [4.78, 5) is 18.9. The predicted molar refractivity (Wildman–Crippen MR) is 95.2 cm³/mol. The van der Waals surface area contributed by atoms with Crippen molar-refractivity contribution in [2.75, 3.05) is 13.1 Å². The molecule has 1 aliphatic heterocycles. The molecule has 0 bridgehead atoms. The molecule has 1 N–H and O–H groups in total. The lowest BCUT2D eigenvalue weighted by Crippen LogP contribution is -2.37. The number of likely N-dealkylation sites (tertiary alicyclic amines) is 1. The summed E-state index contributed by atoms with van der Waals surface area (Å²) in [6.07, 6.45) is 4.23. The van der Waals surface area contributed by atoms with Crippen LogP contribution in [-0.2, 0) is 0 Å². The van der Waals surface area contributed by atoms with Crippen molar-refractivity contribution in [3.8, 4) is 0 Å². The van der Waals surface area contributed by atoms with Crippen LogP contribution in [-0.4, -0.2) is 28.9 Å². The van der Waals surface area contributed by atoms with E-state index in [1.807, 2.05) is 23.3 Å². The molecule has 3 aromatic rings. The first-order chi connectivity index (χ1) is 11.2. The highest BCUT2D eigenvalue weighted by Crippen LogP contribution is 2.33. The number of benzene rings is 1. The van der Waals surface area contributed by atoms with Gasteiger partial charge in [0.15, 0.2) is 0 Å². The predicted octanol–water partition coefficient (Wildman–Crippen LogP) is 4.56. The minimum Gasteiger partial charge on any atom is -0.361 e. The third-order valence-electron chi connectivity index (χ3n) is 4.90. The van der Waals surface area contributed by atoms with E-state index >= 15 is 0 Å². The first-order valence-electron chi connectivity index (χ1n) is 8.13. The van der Waals surface area contributed by atoms with Crippen LogP contribution in [0.2, 0.25) is 0 Å². The van der Waals surface area contributed by atoms with Crippen LogP contribution >= 0.6 is 11.3 Å². The summed E-state index contributed by atoms with van der Waals surface area (Å²) >= 11 is 1.56. The first kappa shape index (κ1) is 14.5. The van der Waals surface area contributed by atoms with Gasteiger partial charge in [-0.05, 0) is 54.3 Å². The van der Waals surface area contributed by atoms with E-state index in [1.165, 1.54) is 16.5 Å². The van der Waals surface area contributed by atoms with E-state index in [1.54, 1.807) is 11.3 Å². The van der Waals surface area contributed by atoms with Crippen LogP contribution in [0.5, 0.6) is 0 Å². The van der Waals surface area contributed by atoms with E-state index in [2.05, 4.69) is 35.4 Å². The van der Waals surface area contributed by atoms with Gasteiger partial charge < -0.3 is 9.88 Å². The summed E-state index contributed by atoms with van der Waals surface area (Å²) in [6.45, 7) is 3.71. The Balaban J connectivity index is 1.49. The fourth-order valence-corrected chi connectivity index (χ4v) is 4.45. The highest BCUT2D eigenvalue weighted by atomic mass is 32.1. The second-order valence-electron chi connectivity index (χ2n) is 6.29. The Morgan fingerprint density at radius 1 is 1.22 bits per heavy atom. The summed E-state index contributed by atoms with van der Waals surface area (Å²) in [5.74, 6) is 0.745. The number of piperidine rings is 1. The van der Waals surface area contributed by atoms with Gasteiger partial charge in [-0.3, -0.25) is 4.79 Å². The van der Waals surface area contributed by atoms with E-state index in [0.717, 1.165) is 36.4 Å². The van der Waals surface area contributed by atoms with Gasteiger partial charge in [0, 0.05) is 30.2 Å². The molecule has 1 aromatic carbocycles. The van der Waals surface area contributed by atoms with Crippen LogP contribution in [0.3, 0.4) is 0 Å². The molecule has 4 heteroatoms. The van der Waals surface area contributed by atoms with Crippen LogP contribution < -0.4 is 0 Å². The van der Waals surface area contributed by atoms with Crippen molar-refractivity contribution < 1.29 is 4.79 Å². The van der Waals surface area contributed by atoms with E-state index < -0.39 is 0 Å². The number of aryl methyl sites for hydroxylation is 1. The number of aromatic amines is 1. The minimum absolute atomic E-state index is 0.204. The van der Waals surface area contributed by atoms with Crippen LogP contribution in [0.15, 0.2) is 41.9 Å². The van der Waals surface area contributed by atoms with Gasteiger partial charge >= 0.3 is 0 Å². The lowest BCUT2D eigenvalue weighted by molar-refractivity contribution is 0.0717. The number of amides is 1. The van der Waals surface area contributed by atoms with Gasteiger partial charge in [0.25, 0.3) is 5.91 Å². The Morgan fingerprint density at radius 3 is 2.74 bits per heavy atom. The molecule has 118 valence electrons. The highest BCUT2D eigenvalue weighted by molar-refractivity contribution is 7.12. The third-order valence-corrected chi connectivity index (χ3v) is 5.90. The molecule has 0 atom stereocenters. The molecule has 0 unspecified atom stereocenters. The maximum absolute atomic E-state index is 12.6. The van der Waals surface area contributed by atoms with Crippen molar-refractivity contribution in [1.82, 2.24) is 9.88 Å². The van der Waals surface area contributed by atoms with E-state index in [9.17, 15) is 4.79 Å². The maximum Gasteiger partial charge on any atom is 0.264 e. The van der Waals surface area contributed by atoms with Crippen molar-refractivity contribution in [2.24, 2.45) is 0 Å². The molecule has 4 rings (SSSR count). The average molecular weight is 324 g/mol. The number of fused-ring (bicyclic) bond motifs is 1. The second kappa shape index (κ2) is 5.85. The van der Waals surface area contributed by atoms with Crippen molar-refractivity contribution in [3.63, 3.8) is 0 Å². The molecule has 1 aliphatic rings. The zero-order valence-electron chi connectivity index (χ0n) is 13.2. The van der Waals surface area contributed by atoms with Crippen LogP contribution in [0.4, 0.5) is 0 Å². The molecule has 1 amide bonds. The Labute approximate surface area is 139 Å². The van der Waals surface area contributed by atoms with Gasteiger partial charge in [-0.15, -0.1) is 11.3 Å². The Hall–Kier alpha value is -2.07. The van der Waals surface area contributed by atoms with Crippen molar-refractivity contribution in [3.05, 3.63) is 57.9 Å². The van der Waals surface area contributed by atoms with Gasteiger partial charge in [-0.1, -0.05) is 18.2 Å². The van der Waals surface area contributed by atoms with Gasteiger partial charge in [-0.25, -0.2) is 0 Å². The van der Waals surface area contributed by atoms with Crippen molar-refractivity contribution in [2.45, 2.75) is 25.7 Å². The molecule has 3 nitrogen and oxygen atoms in total. The van der Waals surface area contributed by atoms with Gasteiger partial charge in [0.1, 0.15) is 0 Å². The van der Waals surface area contributed by atoms with Gasteiger partial charge in [-0.2, -0.15) is 0 Å². The summed E-state index contributed by atoms with van der Waals surface area (Å²) in [5, 5.41) is 3.33. The number of hydrogen-bond acceptors (Lipinski definition) is 2. The number of hydrogen-bond donors (Lipinski definition) is 1. The molecule has 0 spiro atoms. The first-order valence-corrected chi connectivity index (χ1v) is 9.01. The summed E-state index contributed by atoms with van der Waals surface area (Å²) < 4.78 is 0. The normalized spacial score (nSPS) is 16.1. The van der Waals surface area contributed by atoms with Crippen molar-refractivity contribution >= 4 is 28.1 Å². The smallest absolute Gasteiger partial charge is 0.264 e. The standard InChI is InChI=1S/C19H20N2OS/c1-13-8-11-23-18(13)19(22)21-9-6-14(7-10-21)16-12-20-17-5-3-2-4-15(16)17/h2-5,8,11-12,14,20H,6-7,9-10H2,1H3. The number of nitrogens with one attached hydrogen (secondary N) is 1. The Kier molecular flexibility index (Phi) is 3.69. The number of aromatic nitrogens is 1. The molecule has 3 heterocycles. The van der Waals surface area contributed by atoms with Gasteiger partial charge in [0.05, 0.1) is 4.88 Å². The number of carbonyl (C=O) groups excluding carboxylic acids is 1. The van der Waals surface area contributed by atoms with Crippen LogP contribution in [0, 0.1) is 6.92 Å². The number of nitrogens with zero attached hydrogens (tertiary/aromatic N) is 1. The summed E-state index contributed by atoms with van der Waals surface area (Å²) in [6, 6.07) is 10.5. The summed E-state index contributed by atoms with van der Waals surface area (Å²) in [7, 11) is 0. The van der Waals surface area contributed by atoms with Gasteiger partial charge in [0.2, 0.25) is 0 Å². The zero-order valence-corrected chi connectivity index (χ0v) is 14.0. The largest absolute Gasteiger partial charge is 0.361 e. The molecule has 23 heavy (non-hydrogen) atoms. The lowest BCUT2D eigenvalue weighted by Gasteiger charge is -2.32. The van der Waals surface area contributed by atoms with Crippen molar-refractivity contribution in [1.29, 1.82) is 0 Å². The number of H-pyrrole nitrogens is 1. The zero-order chi connectivity index (χ0) is 15.8.